The van der Waals surface area contributed by atoms with Crippen molar-refractivity contribution >= 4 is 11.6 Å². The predicted octanol–water partition coefficient (Wildman–Crippen LogP) is 0.589. The van der Waals surface area contributed by atoms with Gasteiger partial charge in [-0.1, -0.05) is 0 Å². The summed E-state index contributed by atoms with van der Waals surface area (Å²) < 4.78 is 0. The van der Waals surface area contributed by atoms with E-state index in [1.54, 1.807) is 12.4 Å². The molecule has 16 heavy (non-hydrogen) atoms. The third-order valence-electron chi connectivity index (χ3n) is 3.22. The second-order valence-corrected chi connectivity index (χ2v) is 4.48. The number of hydrogen-bond acceptors (Lipinski definition) is 5. The Bertz CT molecular complexity index is 327. The topological polar surface area (TPSA) is 58.3 Å². The maximum Gasteiger partial charge on any atom is 0.220 e. The van der Waals surface area contributed by atoms with Gasteiger partial charge in [0.2, 0.25) is 5.95 Å². The summed E-state index contributed by atoms with van der Waals surface area (Å²) in [5, 5.41) is 0. The lowest BCUT2D eigenvalue weighted by atomic mass is 10.0. The van der Waals surface area contributed by atoms with E-state index in [0.29, 0.717) is 12.0 Å². The van der Waals surface area contributed by atoms with Gasteiger partial charge >= 0.3 is 0 Å². The largest absolute Gasteiger partial charge is 0.369 e. The lowest BCUT2D eigenvalue weighted by Gasteiger charge is -2.36. The highest BCUT2D eigenvalue weighted by atomic mass is 15.2. The second kappa shape index (κ2) is 4.65. The van der Waals surface area contributed by atoms with Crippen LogP contribution in [0.2, 0.25) is 0 Å². The van der Waals surface area contributed by atoms with Crippen molar-refractivity contribution in [1.82, 2.24) is 14.9 Å². The van der Waals surface area contributed by atoms with Crippen LogP contribution < -0.4 is 10.6 Å². The maximum atomic E-state index is 5.47. The lowest BCUT2D eigenvalue weighted by Crippen LogP contribution is -2.42. The fourth-order valence-electron chi connectivity index (χ4n) is 2.13. The summed E-state index contributed by atoms with van der Waals surface area (Å²) in [6, 6.07) is 0.700. The molecule has 1 aliphatic rings. The van der Waals surface area contributed by atoms with Gasteiger partial charge in [-0.15, -0.1) is 0 Å². The molecule has 0 bridgehead atoms. The van der Waals surface area contributed by atoms with Crippen molar-refractivity contribution in [2.24, 2.45) is 0 Å². The number of nitrogens with two attached hydrogens (primary N) is 1. The molecule has 88 valence electrons. The molecule has 0 amide bonds. The Morgan fingerprint density at radius 3 is 2.31 bits per heavy atom. The highest BCUT2D eigenvalue weighted by Gasteiger charge is 2.20. The van der Waals surface area contributed by atoms with Crippen LogP contribution in [0.15, 0.2) is 12.4 Å². The molecular formula is C11H19N5. The van der Waals surface area contributed by atoms with Crippen LogP contribution in [0, 0.1) is 0 Å². The summed E-state index contributed by atoms with van der Waals surface area (Å²) >= 11 is 0. The normalized spacial score (nSPS) is 18.1. The quantitative estimate of drug-likeness (QED) is 0.792. The van der Waals surface area contributed by atoms with Gasteiger partial charge in [0.05, 0.1) is 18.1 Å². The van der Waals surface area contributed by atoms with Crippen molar-refractivity contribution in [3.63, 3.8) is 0 Å². The molecule has 0 aromatic carbocycles. The van der Waals surface area contributed by atoms with E-state index in [-0.39, 0.29) is 0 Å². The van der Waals surface area contributed by atoms with Crippen molar-refractivity contribution < 1.29 is 0 Å². The third-order valence-corrected chi connectivity index (χ3v) is 3.22. The summed E-state index contributed by atoms with van der Waals surface area (Å²) in [5.74, 6) is 0.340. The molecule has 1 aliphatic heterocycles. The first kappa shape index (κ1) is 11.1. The SMILES string of the molecule is CN(C)C1CCN(c2cnc(N)nc2)CC1. The van der Waals surface area contributed by atoms with E-state index in [1.165, 1.54) is 12.8 Å². The Morgan fingerprint density at radius 1 is 1.25 bits per heavy atom. The lowest BCUT2D eigenvalue weighted by molar-refractivity contribution is 0.249. The summed E-state index contributed by atoms with van der Waals surface area (Å²) in [6.45, 7) is 2.13. The molecule has 2 heterocycles. The summed E-state index contributed by atoms with van der Waals surface area (Å²) in [5.41, 5.74) is 6.55. The van der Waals surface area contributed by atoms with Gasteiger partial charge in [-0.05, 0) is 26.9 Å². The minimum Gasteiger partial charge on any atom is -0.369 e. The van der Waals surface area contributed by atoms with Gasteiger partial charge < -0.3 is 15.5 Å². The highest BCUT2D eigenvalue weighted by molar-refractivity contribution is 5.44. The number of rotatable bonds is 2. The predicted molar refractivity (Wildman–Crippen MR) is 65.4 cm³/mol. The minimum atomic E-state index is 0.340. The molecule has 1 aromatic rings. The summed E-state index contributed by atoms with van der Waals surface area (Å²) in [7, 11) is 4.29. The molecule has 0 atom stereocenters. The number of nitrogens with zero attached hydrogens (tertiary/aromatic N) is 4. The summed E-state index contributed by atoms with van der Waals surface area (Å²) in [4.78, 5) is 12.7. The van der Waals surface area contributed by atoms with Crippen LogP contribution in [0.1, 0.15) is 12.8 Å². The van der Waals surface area contributed by atoms with Gasteiger partial charge in [0.25, 0.3) is 0 Å². The van der Waals surface area contributed by atoms with Gasteiger partial charge in [0.1, 0.15) is 0 Å². The van der Waals surface area contributed by atoms with Gasteiger partial charge in [-0.2, -0.15) is 0 Å². The van der Waals surface area contributed by atoms with E-state index >= 15 is 0 Å². The zero-order valence-electron chi connectivity index (χ0n) is 9.93. The first-order valence-electron chi connectivity index (χ1n) is 5.65. The van der Waals surface area contributed by atoms with Gasteiger partial charge in [-0.3, -0.25) is 0 Å². The van der Waals surface area contributed by atoms with Crippen LogP contribution in [0.4, 0.5) is 11.6 Å². The van der Waals surface area contributed by atoms with Crippen molar-refractivity contribution in [2.45, 2.75) is 18.9 Å². The van der Waals surface area contributed by atoms with E-state index in [2.05, 4.69) is 33.9 Å². The standard InChI is InChI=1S/C11H19N5/c1-15(2)9-3-5-16(6-4-9)10-7-13-11(12)14-8-10/h7-9H,3-6H2,1-2H3,(H2,12,13,14). The first-order valence-corrected chi connectivity index (χ1v) is 5.65. The first-order chi connectivity index (χ1) is 7.66. The van der Waals surface area contributed by atoms with E-state index < -0.39 is 0 Å². The third kappa shape index (κ3) is 2.41. The molecule has 1 aromatic heterocycles. The van der Waals surface area contributed by atoms with E-state index in [4.69, 9.17) is 5.73 Å². The summed E-state index contributed by atoms with van der Waals surface area (Å²) in [6.07, 6.45) is 5.99. The smallest absolute Gasteiger partial charge is 0.220 e. The number of aromatic nitrogens is 2. The zero-order valence-corrected chi connectivity index (χ0v) is 9.93. The molecule has 5 nitrogen and oxygen atoms in total. The second-order valence-electron chi connectivity index (χ2n) is 4.48. The zero-order chi connectivity index (χ0) is 11.5. The molecule has 0 radical (unpaired) electrons. The number of hydrogen-bond donors (Lipinski definition) is 1. The van der Waals surface area contributed by atoms with Crippen molar-refractivity contribution in [3.05, 3.63) is 12.4 Å². The molecule has 0 unspecified atom stereocenters. The van der Waals surface area contributed by atoms with Gasteiger partial charge in [0.15, 0.2) is 0 Å². The van der Waals surface area contributed by atoms with E-state index in [1.807, 2.05) is 0 Å². The Kier molecular flexibility index (Phi) is 3.24. The van der Waals surface area contributed by atoms with Crippen molar-refractivity contribution in [2.75, 3.05) is 37.8 Å². The average molecular weight is 221 g/mol. The highest BCUT2D eigenvalue weighted by Crippen LogP contribution is 2.20. The van der Waals surface area contributed by atoms with Gasteiger partial charge in [0, 0.05) is 19.1 Å². The van der Waals surface area contributed by atoms with Crippen LogP contribution in [-0.4, -0.2) is 48.1 Å². The number of piperidine rings is 1. The number of nitrogen functional groups attached to an aromatic ring is 1. The fraction of sp³-hybridized carbons (Fsp3) is 0.636. The molecule has 0 spiro atoms. The molecule has 0 aliphatic carbocycles. The number of anilines is 2. The molecule has 2 N–H and O–H groups in total. The molecule has 1 fully saturated rings. The van der Waals surface area contributed by atoms with Gasteiger partial charge in [-0.25, -0.2) is 9.97 Å². The van der Waals surface area contributed by atoms with Crippen LogP contribution in [-0.2, 0) is 0 Å². The Labute approximate surface area is 96.3 Å². The van der Waals surface area contributed by atoms with Crippen LogP contribution in [0.3, 0.4) is 0 Å². The average Bonchev–Trinajstić information content (AvgIpc) is 2.30. The minimum absolute atomic E-state index is 0.340. The Hall–Kier alpha value is -1.36. The molecule has 2 rings (SSSR count). The monoisotopic (exact) mass is 221 g/mol. The fourth-order valence-corrected chi connectivity index (χ4v) is 2.13. The molecular weight excluding hydrogens is 202 g/mol. The Morgan fingerprint density at radius 2 is 1.81 bits per heavy atom. The molecule has 0 saturated carbocycles. The Balaban J connectivity index is 1.96. The van der Waals surface area contributed by atoms with Crippen molar-refractivity contribution in [3.8, 4) is 0 Å². The van der Waals surface area contributed by atoms with E-state index in [0.717, 1.165) is 18.8 Å². The maximum absolute atomic E-state index is 5.47. The van der Waals surface area contributed by atoms with Crippen LogP contribution in [0.25, 0.3) is 0 Å². The van der Waals surface area contributed by atoms with E-state index in [9.17, 15) is 0 Å². The molecule has 5 heteroatoms. The van der Waals surface area contributed by atoms with Crippen LogP contribution >= 0.6 is 0 Å². The molecule has 1 saturated heterocycles. The van der Waals surface area contributed by atoms with Crippen LogP contribution in [0.5, 0.6) is 0 Å². The van der Waals surface area contributed by atoms with Crippen molar-refractivity contribution in [1.29, 1.82) is 0 Å².